The summed E-state index contributed by atoms with van der Waals surface area (Å²) < 4.78 is 5.54. The first-order valence-corrected chi connectivity index (χ1v) is 5.19. The number of nitrogens with zero attached hydrogens (tertiary/aromatic N) is 1. The van der Waals surface area contributed by atoms with Crippen LogP contribution in [0.4, 0.5) is 5.69 Å². The summed E-state index contributed by atoms with van der Waals surface area (Å²) in [4.78, 5) is 33.8. The van der Waals surface area contributed by atoms with Crippen LogP contribution >= 0.6 is 0 Å². The van der Waals surface area contributed by atoms with E-state index in [0.717, 1.165) is 4.68 Å². The van der Waals surface area contributed by atoms with Crippen molar-refractivity contribution < 1.29 is 23.9 Å². The standard InChI is InChI=1S/C11H9N3O5/c1-14-8(11(18)19-13-14)9(15)12-7-4-2-3-6(5-7)10(16)17/h2-5H,1H3,(H2-,12,13,15,16,17,18). The number of H-pyrrole nitrogens is 1. The smallest absolute Gasteiger partial charge is 0.440 e. The molecule has 0 aliphatic heterocycles. The number of carbonyl (C=O) groups excluding carboxylic acids is 2. The summed E-state index contributed by atoms with van der Waals surface area (Å²) >= 11 is 0. The molecule has 1 amide bonds. The molecule has 0 saturated heterocycles. The van der Waals surface area contributed by atoms with Crippen molar-refractivity contribution in [3.8, 4) is 0 Å². The maximum Gasteiger partial charge on any atom is 0.440 e. The summed E-state index contributed by atoms with van der Waals surface area (Å²) in [7, 11) is 1.43. The number of carboxylic acid groups (broad SMARTS) is 1. The van der Waals surface area contributed by atoms with E-state index in [1.807, 2.05) is 0 Å². The van der Waals surface area contributed by atoms with Crippen LogP contribution in [0, 0.1) is 0 Å². The normalized spacial score (nSPS) is 10.2. The molecule has 2 aromatic rings. The van der Waals surface area contributed by atoms with Crippen LogP contribution in [0.2, 0.25) is 0 Å². The van der Waals surface area contributed by atoms with E-state index in [1.54, 1.807) is 0 Å². The van der Waals surface area contributed by atoms with Gasteiger partial charge in [0.2, 0.25) is 0 Å². The summed E-state index contributed by atoms with van der Waals surface area (Å²) in [5, 5.41) is 15.3. The molecule has 0 spiro atoms. The molecule has 0 fully saturated rings. The van der Waals surface area contributed by atoms with Gasteiger partial charge in [-0.25, -0.2) is 4.79 Å². The molecule has 1 heterocycles. The Morgan fingerprint density at radius 1 is 1.42 bits per heavy atom. The molecule has 0 unspecified atom stereocenters. The monoisotopic (exact) mass is 263 g/mol. The Bertz CT molecular complexity index is 700. The van der Waals surface area contributed by atoms with Crippen LogP contribution in [0.25, 0.3) is 0 Å². The van der Waals surface area contributed by atoms with Gasteiger partial charge in [0.1, 0.15) is 0 Å². The van der Waals surface area contributed by atoms with Gasteiger partial charge in [0.15, 0.2) is 7.05 Å². The van der Waals surface area contributed by atoms with Crippen molar-refractivity contribution in [1.82, 2.24) is 5.27 Å². The number of benzene rings is 1. The van der Waals surface area contributed by atoms with Crippen molar-refractivity contribution in [2.75, 3.05) is 5.32 Å². The lowest BCUT2D eigenvalue weighted by Gasteiger charge is -2.05. The molecule has 1 aromatic heterocycles. The van der Waals surface area contributed by atoms with Crippen LogP contribution in [0.3, 0.4) is 0 Å². The van der Waals surface area contributed by atoms with E-state index in [0.29, 0.717) is 0 Å². The van der Waals surface area contributed by atoms with Crippen LogP contribution in [0.15, 0.2) is 33.6 Å². The third-order valence-electron chi connectivity index (χ3n) is 2.38. The molecule has 0 saturated carbocycles. The fourth-order valence-corrected chi connectivity index (χ4v) is 1.50. The second-order valence-corrected chi connectivity index (χ2v) is 3.71. The van der Waals surface area contributed by atoms with Crippen LogP contribution < -0.4 is 20.7 Å². The van der Waals surface area contributed by atoms with E-state index in [9.17, 15) is 19.5 Å². The Hall–Kier alpha value is -2.90. The quantitative estimate of drug-likeness (QED) is 0.647. The highest BCUT2D eigenvalue weighted by molar-refractivity contribution is 6.02. The lowest BCUT2D eigenvalue weighted by atomic mass is 10.2. The Balaban J connectivity index is 2.27. The van der Waals surface area contributed by atoms with Gasteiger partial charge in [0, 0.05) is 5.69 Å². The molecule has 98 valence electrons. The Kier molecular flexibility index (Phi) is 3.15. The second kappa shape index (κ2) is 4.77. The first-order chi connectivity index (χ1) is 8.99. The molecule has 2 rings (SSSR count). The van der Waals surface area contributed by atoms with Gasteiger partial charge in [0.05, 0.1) is 5.97 Å². The van der Waals surface area contributed by atoms with Crippen molar-refractivity contribution in [3.63, 3.8) is 0 Å². The molecule has 19 heavy (non-hydrogen) atoms. The zero-order valence-corrected chi connectivity index (χ0v) is 9.80. The SMILES string of the molecule is C[n+]1[nH]oc(=O)c1C(=O)Nc1cccc(C(=O)[O-])c1. The van der Waals surface area contributed by atoms with E-state index >= 15 is 0 Å². The van der Waals surface area contributed by atoms with Crippen molar-refractivity contribution in [3.05, 3.63) is 45.9 Å². The van der Waals surface area contributed by atoms with Crippen LogP contribution in [-0.2, 0) is 7.05 Å². The third kappa shape index (κ3) is 2.51. The number of aromatic amines is 1. The zero-order chi connectivity index (χ0) is 14.0. The summed E-state index contributed by atoms with van der Waals surface area (Å²) in [6.07, 6.45) is 0. The van der Waals surface area contributed by atoms with E-state index < -0.39 is 17.5 Å². The molecule has 0 radical (unpaired) electrons. The third-order valence-corrected chi connectivity index (χ3v) is 2.38. The van der Waals surface area contributed by atoms with Crippen molar-refractivity contribution >= 4 is 17.6 Å². The van der Waals surface area contributed by atoms with Gasteiger partial charge in [-0.05, 0) is 23.0 Å². The number of nitrogens with one attached hydrogen (secondary N) is 2. The van der Waals surface area contributed by atoms with Gasteiger partial charge in [0.25, 0.3) is 0 Å². The number of aromatic nitrogens is 2. The minimum atomic E-state index is -1.36. The van der Waals surface area contributed by atoms with Crippen molar-refractivity contribution in [1.29, 1.82) is 0 Å². The molecular formula is C11H9N3O5. The average molecular weight is 263 g/mol. The minimum Gasteiger partial charge on any atom is -0.545 e. The number of hydrogen-bond donors (Lipinski definition) is 2. The first-order valence-electron chi connectivity index (χ1n) is 5.19. The maximum atomic E-state index is 11.8. The molecule has 8 heteroatoms. The number of carbonyl (C=O) groups is 2. The second-order valence-electron chi connectivity index (χ2n) is 3.71. The summed E-state index contributed by atoms with van der Waals surface area (Å²) in [6.45, 7) is 0. The predicted molar refractivity (Wildman–Crippen MR) is 59.2 cm³/mol. The first kappa shape index (κ1) is 12.6. The molecule has 0 aliphatic carbocycles. The lowest BCUT2D eigenvalue weighted by Crippen LogP contribution is -2.41. The van der Waals surface area contributed by atoms with Gasteiger partial charge in [-0.15, -0.1) is 0 Å². The van der Waals surface area contributed by atoms with Crippen LogP contribution in [-0.4, -0.2) is 17.1 Å². The molecule has 0 bridgehead atoms. The highest BCUT2D eigenvalue weighted by Gasteiger charge is 2.26. The number of aryl methyl sites for hydroxylation is 1. The largest absolute Gasteiger partial charge is 0.545 e. The minimum absolute atomic E-state index is 0.0803. The van der Waals surface area contributed by atoms with Crippen LogP contribution in [0.5, 0.6) is 0 Å². The van der Waals surface area contributed by atoms with E-state index in [-0.39, 0.29) is 16.9 Å². The van der Waals surface area contributed by atoms with Crippen molar-refractivity contribution in [2.24, 2.45) is 7.05 Å². The number of amides is 1. The average Bonchev–Trinajstić information content (AvgIpc) is 2.69. The van der Waals surface area contributed by atoms with Gasteiger partial charge in [-0.1, -0.05) is 16.8 Å². The molecule has 2 N–H and O–H groups in total. The van der Waals surface area contributed by atoms with Gasteiger partial charge in [-0.3, -0.25) is 9.32 Å². The summed E-state index contributed by atoms with van der Waals surface area (Å²) in [5.41, 5.74) is -0.912. The highest BCUT2D eigenvalue weighted by Crippen LogP contribution is 2.10. The van der Waals surface area contributed by atoms with Gasteiger partial charge >= 0.3 is 17.2 Å². The van der Waals surface area contributed by atoms with E-state index in [4.69, 9.17) is 0 Å². The molecule has 1 aromatic carbocycles. The molecule has 8 nitrogen and oxygen atoms in total. The molecular weight excluding hydrogens is 254 g/mol. The fourth-order valence-electron chi connectivity index (χ4n) is 1.50. The zero-order valence-electron chi connectivity index (χ0n) is 9.80. The molecule has 0 aliphatic rings. The van der Waals surface area contributed by atoms with E-state index in [2.05, 4.69) is 15.1 Å². The summed E-state index contributed by atoms with van der Waals surface area (Å²) in [5.74, 6) is -2.07. The number of carboxylic acids is 1. The van der Waals surface area contributed by atoms with Crippen LogP contribution in [0.1, 0.15) is 20.8 Å². The predicted octanol–water partition coefficient (Wildman–Crippen LogP) is -1.59. The van der Waals surface area contributed by atoms with Crippen molar-refractivity contribution in [2.45, 2.75) is 0 Å². The fraction of sp³-hybridized carbons (Fsp3) is 0.0909. The number of rotatable bonds is 3. The van der Waals surface area contributed by atoms with E-state index in [1.165, 1.54) is 31.3 Å². The Morgan fingerprint density at radius 3 is 2.74 bits per heavy atom. The van der Waals surface area contributed by atoms with Gasteiger partial charge in [-0.2, -0.15) is 0 Å². The van der Waals surface area contributed by atoms with Gasteiger partial charge < -0.3 is 15.2 Å². The highest BCUT2D eigenvalue weighted by atomic mass is 16.5. The molecule has 0 atom stereocenters. The number of anilines is 1. The Morgan fingerprint density at radius 2 is 2.16 bits per heavy atom. The maximum absolute atomic E-state index is 11.8. The number of hydrogen-bond acceptors (Lipinski definition) is 5. The topological polar surface area (TPSA) is 119 Å². The lowest BCUT2D eigenvalue weighted by molar-refractivity contribution is -0.741. The summed E-state index contributed by atoms with van der Waals surface area (Å²) in [6, 6.07) is 5.48. The Labute approximate surface area is 106 Å². The number of aromatic carboxylic acids is 1.